The summed E-state index contributed by atoms with van der Waals surface area (Å²) in [4.78, 5) is 0. The molecule has 0 spiro atoms. The second kappa shape index (κ2) is 5.50. The van der Waals surface area contributed by atoms with Gasteiger partial charge in [0.2, 0.25) is 0 Å². The lowest BCUT2D eigenvalue weighted by Crippen LogP contribution is -2.38. The van der Waals surface area contributed by atoms with Gasteiger partial charge in [-0.3, -0.25) is 0 Å². The van der Waals surface area contributed by atoms with E-state index in [4.69, 9.17) is 9.47 Å². The molecule has 2 heteroatoms. The Kier molecular flexibility index (Phi) is 4.38. The molecule has 106 valence electrons. The quantitative estimate of drug-likeness (QED) is 0.699. The lowest BCUT2D eigenvalue weighted by molar-refractivity contribution is 0.0158. The van der Waals surface area contributed by atoms with Crippen LogP contribution in [0.5, 0.6) is 0 Å². The van der Waals surface area contributed by atoms with Crippen molar-refractivity contribution in [1.82, 2.24) is 0 Å². The summed E-state index contributed by atoms with van der Waals surface area (Å²) in [6.45, 7) is 11.3. The fourth-order valence-electron chi connectivity index (χ4n) is 3.64. The largest absolute Gasteiger partial charge is 0.378 e. The van der Waals surface area contributed by atoms with Crippen LogP contribution < -0.4 is 0 Å². The van der Waals surface area contributed by atoms with Gasteiger partial charge in [0.05, 0.1) is 12.2 Å². The van der Waals surface area contributed by atoms with Crippen molar-refractivity contribution >= 4 is 0 Å². The van der Waals surface area contributed by atoms with Crippen molar-refractivity contribution in [2.75, 3.05) is 13.2 Å². The van der Waals surface area contributed by atoms with E-state index in [1.165, 1.54) is 38.5 Å². The van der Waals surface area contributed by atoms with Crippen LogP contribution in [0.1, 0.15) is 66.2 Å². The maximum absolute atomic E-state index is 5.86. The summed E-state index contributed by atoms with van der Waals surface area (Å²) < 4.78 is 11.7. The molecular weight excluding hydrogens is 224 g/mol. The Bertz CT molecular complexity index is 250. The van der Waals surface area contributed by atoms with Crippen LogP contribution in [0.25, 0.3) is 0 Å². The third-order valence-electron chi connectivity index (χ3n) is 5.77. The molecule has 0 aromatic heterocycles. The van der Waals surface area contributed by atoms with Crippen molar-refractivity contribution < 1.29 is 9.47 Å². The average molecular weight is 254 g/mol. The zero-order valence-electron chi connectivity index (χ0n) is 12.6. The van der Waals surface area contributed by atoms with Crippen LogP contribution >= 0.6 is 0 Å². The Hall–Kier alpha value is -0.0800. The van der Waals surface area contributed by atoms with Crippen molar-refractivity contribution in [1.29, 1.82) is 0 Å². The number of ether oxygens (including phenoxy) is 2. The summed E-state index contributed by atoms with van der Waals surface area (Å²) in [6.07, 6.45) is 8.33. The molecular formula is C16H30O2. The normalized spacial score (nSPS) is 47.3. The molecule has 0 aliphatic carbocycles. The smallest absolute Gasteiger partial charge is 0.0547 e. The third-order valence-corrected chi connectivity index (χ3v) is 5.77. The predicted octanol–water partition coefficient (Wildman–Crippen LogP) is 4.18. The fraction of sp³-hybridized carbons (Fsp3) is 1.00. The van der Waals surface area contributed by atoms with Gasteiger partial charge in [-0.15, -0.1) is 0 Å². The highest BCUT2D eigenvalue weighted by Crippen LogP contribution is 2.53. The van der Waals surface area contributed by atoms with E-state index in [-0.39, 0.29) is 0 Å². The summed E-state index contributed by atoms with van der Waals surface area (Å²) in [7, 11) is 0. The topological polar surface area (TPSA) is 18.5 Å². The highest BCUT2D eigenvalue weighted by atomic mass is 16.5. The Morgan fingerprint density at radius 3 is 1.50 bits per heavy atom. The Morgan fingerprint density at radius 2 is 1.11 bits per heavy atom. The lowest BCUT2D eigenvalue weighted by Gasteiger charge is -2.46. The van der Waals surface area contributed by atoms with Gasteiger partial charge >= 0.3 is 0 Å². The van der Waals surface area contributed by atoms with E-state index in [2.05, 4.69) is 27.7 Å². The lowest BCUT2D eigenvalue weighted by atomic mass is 9.58. The Labute approximate surface area is 112 Å². The van der Waals surface area contributed by atoms with Gasteiger partial charge in [-0.1, -0.05) is 13.8 Å². The molecule has 2 saturated heterocycles. The van der Waals surface area contributed by atoms with Crippen molar-refractivity contribution in [2.24, 2.45) is 10.8 Å². The third kappa shape index (κ3) is 2.91. The van der Waals surface area contributed by atoms with Gasteiger partial charge in [0.25, 0.3) is 0 Å². The summed E-state index contributed by atoms with van der Waals surface area (Å²) in [5.41, 5.74) is 0.844. The van der Waals surface area contributed by atoms with Gasteiger partial charge in [0.1, 0.15) is 0 Å². The standard InChI is InChI=1S/C16H30O2/c1-13-5-7-15(3,9-11-17-13)16(4)8-6-14(2)18-12-10-16/h13-14H,5-12H2,1-4H3. The van der Waals surface area contributed by atoms with E-state index in [0.29, 0.717) is 23.0 Å². The van der Waals surface area contributed by atoms with Gasteiger partial charge in [-0.2, -0.15) is 0 Å². The van der Waals surface area contributed by atoms with Crippen LogP contribution in [0.3, 0.4) is 0 Å². The summed E-state index contributed by atoms with van der Waals surface area (Å²) >= 11 is 0. The van der Waals surface area contributed by atoms with Crippen LogP contribution in [-0.2, 0) is 9.47 Å². The molecule has 0 bridgehead atoms. The zero-order valence-corrected chi connectivity index (χ0v) is 12.6. The van der Waals surface area contributed by atoms with E-state index in [1.54, 1.807) is 0 Å². The first kappa shape index (κ1) is 14.3. The van der Waals surface area contributed by atoms with E-state index in [9.17, 15) is 0 Å². The number of hydrogen-bond acceptors (Lipinski definition) is 2. The van der Waals surface area contributed by atoms with Crippen molar-refractivity contribution in [3.63, 3.8) is 0 Å². The van der Waals surface area contributed by atoms with Crippen LogP contribution in [0.2, 0.25) is 0 Å². The molecule has 4 atom stereocenters. The number of rotatable bonds is 1. The number of hydrogen-bond donors (Lipinski definition) is 0. The highest BCUT2D eigenvalue weighted by Gasteiger charge is 2.45. The maximum atomic E-state index is 5.86. The molecule has 0 radical (unpaired) electrons. The van der Waals surface area contributed by atoms with Gasteiger partial charge in [0, 0.05) is 13.2 Å². The van der Waals surface area contributed by atoms with E-state index >= 15 is 0 Å². The summed E-state index contributed by atoms with van der Waals surface area (Å²) in [5, 5.41) is 0. The monoisotopic (exact) mass is 254 g/mol. The maximum Gasteiger partial charge on any atom is 0.0547 e. The molecule has 2 aliphatic heterocycles. The molecule has 0 N–H and O–H groups in total. The molecule has 0 aromatic rings. The van der Waals surface area contributed by atoms with Gasteiger partial charge < -0.3 is 9.47 Å². The Morgan fingerprint density at radius 1 is 0.722 bits per heavy atom. The average Bonchev–Trinajstić information content (AvgIpc) is 2.60. The van der Waals surface area contributed by atoms with Gasteiger partial charge in [-0.25, -0.2) is 0 Å². The van der Waals surface area contributed by atoms with Crippen LogP contribution in [-0.4, -0.2) is 25.4 Å². The molecule has 2 rings (SSSR count). The SMILES string of the molecule is CC1CCC(C)(C2(C)CCOC(C)CC2)CCO1. The van der Waals surface area contributed by atoms with Crippen LogP contribution in [0.15, 0.2) is 0 Å². The molecule has 2 fully saturated rings. The van der Waals surface area contributed by atoms with Crippen molar-refractivity contribution in [2.45, 2.75) is 78.4 Å². The van der Waals surface area contributed by atoms with Gasteiger partial charge in [-0.05, 0) is 63.2 Å². The second-order valence-electron chi connectivity index (χ2n) is 7.06. The fourth-order valence-corrected chi connectivity index (χ4v) is 3.64. The molecule has 0 amide bonds. The molecule has 2 nitrogen and oxygen atoms in total. The van der Waals surface area contributed by atoms with E-state index in [0.717, 1.165) is 13.2 Å². The minimum Gasteiger partial charge on any atom is -0.378 e. The first-order valence-electron chi connectivity index (χ1n) is 7.68. The highest BCUT2D eigenvalue weighted by molar-refractivity contribution is 4.95. The molecule has 0 aromatic carbocycles. The van der Waals surface area contributed by atoms with E-state index in [1.807, 2.05) is 0 Å². The minimum absolute atomic E-state index is 0.422. The Balaban J connectivity index is 2.11. The van der Waals surface area contributed by atoms with Crippen molar-refractivity contribution in [3.05, 3.63) is 0 Å². The molecule has 2 aliphatic rings. The zero-order chi connectivity index (χ0) is 13.2. The molecule has 18 heavy (non-hydrogen) atoms. The summed E-state index contributed by atoms with van der Waals surface area (Å²) in [5.74, 6) is 0. The predicted molar refractivity (Wildman–Crippen MR) is 74.7 cm³/mol. The van der Waals surface area contributed by atoms with Crippen molar-refractivity contribution in [3.8, 4) is 0 Å². The first-order chi connectivity index (χ1) is 8.45. The minimum atomic E-state index is 0.422. The second-order valence-corrected chi connectivity index (χ2v) is 7.06. The summed E-state index contributed by atoms with van der Waals surface area (Å²) in [6, 6.07) is 0. The molecule has 4 unspecified atom stereocenters. The molecule has 0 saturated carbocycles. The van der Waals surface area contributed by atoms with Crippen LogP contribution in [0.4, 0.5) is 0 Å². The van der Waals surface area contributed by atoms with Crippen LogP contribution in [0, 0.1) is 10.8 Å². The van der Waals surface area contributed by atoms with Gasteiger partial charge in [0.15, 0.2) is 0 Å². The first-order valence-corrected chi connectivity index (χ1v) is 7.68. The molecule has 2 heterocycles. The van der Waals surface area contributed by atoms with E-state index < -0.39 is 0 Å².